The first-order valence-electron chi connectivity index (χ1n) is 9.61. The molecule has 2 N–H and O–H groups in total. The molecule has 0 radical (unpaired) electrons. The summed E-state index contributed by atoms with van der Waals surface area (Å²) in [6.07, 6.45) is 2.40. The van der Waals surface area contributed by atoms with Gasteiger partial charge in [-0.25, -0.2) is 4.98 Å². The van der Waals surface area contributed by atoms with Crippen LogP contribution in [0.4, 0.5) is 5.82 Å². The summed E-state index contributed by atoms with van der Waals surface area (Å²) >= 11 is 0. The van der Waals surface area contributed by atoms with Crippen molar-refractivity contribution in [2.24, 2.45) is 0 Å². The van der Waals surface area contributed by atoms with Gasteiger partial charge in [0, 0.05) is 23.3 Å². The molecule has 3 aromatic heterocycles. The van der Waals surface area contributed by atoms with E-state index in [1.165, 1.54) is 4.68 Å². The van der Waals surface area contributed by atoms with Crippen LogP contribution in [-0.2, 0) is 12.8 Å². The van der Waals surface area contributed by atoms with Crippen LogP contribution in [0.1, 0.15) is 33.9 Å². The number of rotatable bonds is 4. The van der Waals surface area contributed by atoms with Crippen molar-refractivity contribution in [2.45, 2.75) is 26.2 Å². The molecule has 1 aliphatic rings. The maximum atomic E-state index is 12.7. The first kappa shape index (κ1) is 18.0. The second-order valence-electron chi connectivity index (χ2n) is 7.15. The third-order valence-corrected chi connectivity index (χ3v) is 5.00. The summed E-state index contributed by atoms with van der Waals surface area (Å²) in [6, 6.07) is 12.7. The van der Waals surface area contributed by atoms with E-state index in [-0.39, 0.29) is 17.2 Å². The second-order valence-corrected chi connectivity index (χ2v) is 7.15. The first-order valence-corrected chi connectivity index (χ1v) is 9.61. The number of carbonyl (C=O) groups excluding carboxylic acids is 1. The minimum Gasteiger partial charge on any atom is -0.355 e. The summed E-state index contributed by atoms with van der Waals surface area (Å²) in [7, 11) is 0. The Bertz CT molecular complexity index is 1300. The van der Waals surface area contributed by atoms with E-state index in [9.17, 15) is 9.59 Å². The van der Waals surface area contributed by atoms with Crippen LogP contribution in [0.25, 0.3) is 17.3 Å². The topological polar surface area (TPSA) is 119 Å². The van der Waals surface area contributed by atoms with E-state index in [1.54, 1.807) is 19.1 Å². The first-order chi connectivity index (χ1) is 14.6. The van der Waals surface area contributed by atoms with Gasteiger partial charge >= 0.3 is 0 Å². The van der Waals surface area contributed by atoms with Gasteiger partial charge in [0.25, 0.3) is 11.5 Å². The van der Waals surface area contributed by atoms with Crippen molar-refractivity contribution in [3.8, 4) is 17.3 Å². The summed E-state index contributed by atoms with van der Waals surface area (Å²) in [6.45, 7) is 1.79. The Morgan fingerprint density at radius 2 is 2.03 bits per heavy atom. The minimum atomic E-state index is -0.453. The molecule has 0 spiro atoms. The van der Waals surface area contributed by atoms with E-state index in [4.69, 9.17) is 4.52 Å². The molecule has 30 heavy (non-hydrogen) atoms. The van der Waals surface area contributed by atoms with Crippen LogP contribution in [-0.4, -0.2) is 30.8 Å². The number of fused-ring (bicyclic) bond motifs is 1. The summed E-state index contributed by atoms with van der Waals surface area (Å²) in [5, 5.41) is 11.0. The van der Waals surface area contributed by atoms with E-state index >= 15 is 0 Å². The maximum absolute atomic E-state index is 12.7. The third kappa shape index (κ3) is 3.20. The molecule has 0 saturated heterocycles. The number of benzene rings is 1. The average molecular weight is 402 g/mol. The van der Waals surface area contributed by atoms with E-state index < -0.39 is 5.91 Å². The Kier molecular flexibility index (Phi) is 4.27. The van der Waals surface area contributed by atoms with Gasteiger partial charge < -0.3 is 9.84 Å². The van der Waals surface area contributed by atoms with Gasteiger partial charge in [-0.15, -0.1) is 0 Å². The molecule has 150 valence electrons. The molecular formula is C21H18N6O3. The number of H-pyrrole nitrogens is 1. The quantitative estimate of drug-likeness (QED) is 0.542. The Labute approximate surface area is 170 Å². The lowest BCUT2D eigenvalue weighted by Gasteiger charge is -2.08. The fraction of sp³-hybridized carbons (Fsp3) is 0.190. The van der Waals surface area contributed by atoms with Crippen molar-refractivity contribution in [1.29, 1.82) is 0 Å². The molecule has 5 rings (SSSR count). The highest BCUT2D eigenvalue weighted by Gasteiger charge is 2.21. The molecule has 9 heteroatoms. The Morgan fingerprint density at radius 1 is 1.20 bits per heavy atom. The summed E-state index contributed by atoms with van der Waals surface area (Å²) < 4.78 is 6.72. The number of anilines is 1. The van der Waals surface area contributed by atoms with Crippen LogP contribution in [0.5, 0.6) is 0 Å². The Hall–Kier alpha value is -4.01. The van der Waals surface area contributed by atoms with Crippen molar-refractivity contribution >= 4 is 11.7 Å². The van der Waals surface area contributed by atoms with E-state index in [2.05, 4.69) is 25.5 Å². The van der Waals surface area contributed by atoms with Gasteiger partial charge in [0.15, 0.2) is 11.5 Å². The zero-order valence-corrected chi connectivity index (χ0v) is 16.2. The predicted octanol–water partition coefficient (Wildman–Crippen LogP) is 2.66. The number of amides is 1. The molecular weight excluding hydrogens is 384 g/mol. The smallest absolute Gasteiger partial charge is 0.279 e. The van der Waals surface area contributed by atoms with E-state index in [0.717, 1.165) is 36.1 Å². The minimum absolute atomic E-state index is 0.134. The van der Waals surface area contributed by atoms with Gasteiger partial charge in [-0.2, -0.15) is 9.78 Å². The van der Waals surface area contributed by atoms with Gasteiger partial charge in [0.05, 0.1) is 11.4 Å². The van der Waals surface area contributed by atoms with Gasteiger partial charge in [-0.3, -0.25) is 14.6 Å². The number of nitrogens with zero attached hydrogens (tertiary/aromatic N) is 4. The normalized spacial score (nSPS) is 12.7. The number of nitrogens with one attached hydrogen (secondary N) is 2. The molecule has 0 fully saturated rings. The summed E-state index contributed by atoms with van der Waals surface area (Å²) in [5.74, 6) is 0.692. The number of aryl methyl sites for hydroxylation is 2. The van der Waals surface area contributed by atoms with Crippen LogP contribution in [0, 0.1) is 6.92 Å². The summed E-state index contributed by atoms with van der Waals surface area (Å²) in [4.78, 5) is 32.4. The molecule has 0 bridgehead atoms. The van der Waals surface area contributed by atoms with Gasteiger partial charge in [0.2, 0.25) is 5.95 Å². The number of aromatic amines is 1. The maximum Gasteiger partial charge on any atom is 0.279 e. The van der Waals surface area contributed by atoms with Gasteiger partial charge in [0.1, 0.15) is 5.82 Å². The van der Waals surface area contributed by atoms with Crippen LogP contribution in [0.15, 0.2) is 51.8 Å². The van der Waals surface area contributed by atoms with Gasteiger partial charge in [-0.1, -0.05) is 35.5 Å². The molecule has 3 heterocycles. The molecule has 0 atom stereocenters. The molecule has 1 aliphatic carbocycles. The third-order valence-electron chi connectivity index (χ3n) is 5.00. The number of aromatic nitrogens is 5. The zero-order chi connectivity index (χ0) is 20.7. The molecule has 0 aliphatic heterocycles. The largest absolute Gasteiger partial charge is 0.355 e. The van der Waals surface area contributed by atoms with E-state index in [0.29, 0.717) is 17.3 Å². The molecule has 9 nitrogen and oxygen atoms in total. The second kappa shape index (κ2) is 7.11. The molecule has 0 saturated carbocycles. The van der Waals surface area contributed by atoms with Crippen molar-refractivity contribution in [3.63, 3.8) is 0 Å². The lowest BCUT2D eigenvalue weighted by Crippen LogP contribution is -2.21. The average Bonchev–Trinajstić information content (AvgIpc) is 3.48. The lowest BCUT2D eigenvalue weighted by molar-refractivity contribution is 0.101. The number of carbonyl (C=O) groups is 1. The van der Waals surface area contributed by atoms with Crippen molar-refractivity contribution in [1.82, 2.24) is 24.9 Å². The van der Waals surface area contributed by atoms with Crippen LogP contribution in [0.2, 0.25) is 0 Å². The fourth-order valence-electron chi connectivity index (χ4n) is 3.58. The molecule has 0 unspecified atom stereocenters. The highest BCUT2D eigenvalue weighted by molar-refractivity contribution is 6.03. The highest BCUT2D eigenvalue weighted by Crippen LogP contribution is 2.22. The van der Waals surface area contributed by atoms with Gasteiger partial charge in [-0.05, 0) is 26.2 Å². The van der Waals surface area contributed by atoms with Crippen LogP contribution >= 0.6 is 0 Å². The number of hydrogen-bond acceptors (Lipinski definition) is 6. The Morgan fingerprint density at radius 3 is 2.87 bits per heavy atom. The lowest BCUT2D eigenvalue weighted by atomic mass is 10.1. The Balaban J connectivity index is 1.44. The van der Waals surface area contributed by atoms with Crippen molar-refractivity contribution in [3.05, 3.63) is 75.5 Å². The molecule has 1 aromatic carbocycles. The zero-order valence-electron chi connectivity index (χ0n) is 16.2. The van der Waals surface area contributed by atoms with Crippen LogP contribution in [0.3, 0.4) is 0 Å². The highest BCUT2D eigenvalue weighted by atomic mass is 16.5. The SMILES string of the molecule is Cc1cc(NC(=O)c2cc(-c3ccccc3)on2)n(-c2nc3c(c(=O)[nH]2)CCC3)n1. The molecule has 4 aromatic rings. The van der Waals surface area contributed by atoms with Crippen molar-refractivity contribution in [2.75, 3.05) is 5.32 Å². The standard InChI is InChI=1S/C21H18N6O3/c1-12-10-18(27(25-12)21-22-15-9-5-8-14(15)19(28)24-21)23-20(29)16-11-17(30-26-16)13-6-3-2-4-7-13/h2-4,6-7,10-11H,5,8-9H2,1H3,(H,23,29)(H,22,24,28). The fourth-order valence-corrected chi connectivity index (χ4v) is 3.58. The van der Waals surface area contributed by atoms with Crippen molar-refractivity contribution < 1.29 is 9.32 Å². The van der Waals surface area contributed by atoms with Crippen LogP contribution < -0.4 is 10.9 Å². The van der Waals surface area contributed by atoms with E-state index in [1.807, 2.05) is 30.3 Å². The predicted molar refractivity (Wildman–Crippen MR) is 109 cm³/mol. The molecule has 1 amide bonds. The summed E-state index contributed by atoms with van der Waals surface area (Å²) in [5.41, 5.74) is 2.97. The monoisotopic (exact) mass is 402 g/mol. The number of hydrogen-bond donors (Lipinski definition) is 2.